The van der Waals surface area contributed by atoms with Gasteiger partial charge in [0.15, 0.2) is 0 Å². The van der Waals surface area contributed by atoms with Gasteiger partial charge in [0.05, 0.1) is 0 Å². The molecule has 1 aliphatic carbocycles. The predicted octanol–water partition coefficient (Wildman–Crippen LogP) is 2.72. The zero-order chi connectivity index (χ0) is 11.6. The molecule has 0 aromatic heterocycles. The van der Waals surface area contributed by atoms with E-state index in [1.54, 1.807) is 0 Å². The summed E-state index contributed by atoms with van der Waals surface area (Å²) in [5, 5.41) is 0. The normalized spacial score (nSPS) is 24.2. The highest BCUT2D eigenvalue weighted by Crippen LogP contribution is 2.36. The van der Waals surface area contributed by atoms with Crippen LogP contribution < -0.4 is 11.5 Å². The Bertz CT molecular complexity index is 429. The zero-order valence-corrected chi connectivity index (χ0v) is 9.61. The largest absolute Gasteiger partial charge is 0.399 e. The van der Waals surface area contributed by atoms with Crippen LogP contribution in [-0.4, -0.2) is 0 Å². The Kier molecular flexibility index (Phi) is 2.73. The second-order valence-electron chi connectivity index (χ2n) is 4.37. The number of allylic oxidation sites excluding steroid dienone is 3. The SMILES string of the molecule is CCC1(c2ccc(N)cc2)C=CC(N)=CC1. The summed E-state index contributed by atoms with van der Waals surface area (Å²) in [5.41, 5.74) is 14.6. The zero-order valence-electron chi connectivity index (χ0n) is 9.61. The first-order chi connectivity index (χ1) is 7.66. The highest BCUT2D eigenvalue weighted by atomic mass is 14.6. The Morgan fingerprint density at radius 1 is 1.19 bits per heavy atom. The van der Waals surface area contributed by atoms with E-state index in [4.69, 9.17) is 11.5 Å². The molecule has 1 unspecified atom stereocenters. The fraction of sp³-hybridized carbons (Fsp3) is 0.286. The van der Waals surface area contributed by atoms with Gasteiger partial charge in [-0.05, 0) is 36.6 Å². The molecule has 2 rings (SSSR count). The summed E-state index contributed by atoms with van der Waals surface area (Å²) >= 11 is 0. The quantitative estimate of drug-likeness (QED) is 0.744. The summed E-state index contributed by atoms with van der Waals surface area (Å²) < 4.78 is 0. The van der Waals surface area contributed by atoms with Crippen molar-refractivity contribution in [1.82, 2.24) is 0 Å². The molecule has 0 bridgehead atoms. The predicted molar refractivity (Wildman–Crippen MR) is 68.9 cm³/mol. The van der Waals surface area contributed by atoms with Crippen LogP contribution in [-0.2, 0) is 5.41 Å². The number of nitrogen functional groups attached to an aromatic ring is 1. The molecular formula is C14H18N2. The fourth-order valence-electron chi connectivity index (χ4n) is 2.19. The average molecular weight is 214 g/mol. The van der Waals surface area contributed by atoms with Gasteiger partial charge in [-0.25, -0.2) is 0 Å². The highest BCUT2D eigenvalue weighted by molar-refractivity contribution is 5.45. The minimum atomic E-state index is 0.0938. The molecule has 1 aromatic carbocycles. The number of hydrogen-bond acceptors (Lipinski definition) is 2. The first kappa shape index (κ1) is 10.8. The van der Waals surface area contributed by atoms with Crippen molar-refractivity contribution < 1.29 is 0 Å². The van der Waals surface area contributed by atoms with Gasteiger partial charge < -0.3 is 11.5 Å². The molecule has 1 aromatic rings. The molecule has 0 spiro atoms. The fourth-order valence-corrected chi connectivity index (χ4v) is 2.19. The molecule has 1 aliphatic rings. The van der Waals surface area contributed by atoms with Crippen molar-refractivity contribution in [1.29, 1.82) is 0 Å². The van der Waals surface area contributed by atoms with Crippen LogP contribution in [0.1, 0.15) is 25.3 Å². The van der Waals surface area contributed by atoms with E-state index in [1.165, 1.54) is 5.56 Å². The van der Waals surface area contributed by atoms with Gasteiger partial charge in [0.2, 0.25) is 0 Å². The lowest BCUT2D eigenvalue weighted by Crippen LogP contribution is -2.24. The van der Waals surface area contributed by atoms with Crippen LogP contribution in [0.3, 0.4) is 0 Å². The Labute approximate surface area is 96.6 Å². The van der Waals surface area contributed by atoms with Gasteiger partial charge in [-0.1, -0.05) is 31.2 Å². The van der Waals surface area contributed by atoms with Crippen molar-refractivity contribution in [2.45, 2.75) is 25.2 Å². The van der Waals surface area contributed by atoms with Gasteiger partial charge in [0, 0.05) is 16.8 Å². The Hall–Kier alpha value is -1.70. The molecule has 2 heteroatoms. The minimum Gasteiger partial charge on any atom is -0.399 e. The number of anilines is 1. The third-order valence-corrected chi connectivity index (χ3v) is 3.41. The van der Waals surface area contributed by atoms with Gasteiger partial charge >= 0.3 is 0 Å². The van der Waals surface area contributed by atoms with E-state index in [1.807, 2.05) is 18.2 Å². The maximum atomic E-state index is 5.77. The minimum absolute atomic E-state index is 0.0938. The van der Waals surface area contributed by atoms with Crippen LogP contribution in [0.5, 0.6) is 0 Å². The second-order valence-corrected chi connectivity index (χ2v) is 4.37. The van der Waals surface area contributed by atoms with Crippen LogP contribution in [0, 0.1) is 0 Å². The van der Waals surface area contributed by atoms with E-state index < -0.39 is 0 Å². The van der Waals surface area contributed by atoms with E-state index >= 15 is 0 Å². The number of benzene rings is 1. The molecule has 0 radical (unpaired) electrons. The summed E-state index contributed by atoms with van der Waals surface area (Å²) in [6, 6.07) is 8.14. The van der Waals surface area contributed by atoms with Crippen LogP contribution in [0.2, 0.25) is 0 Å². The number of rotatable bonds is 2. The van der Waals surface area contributed by atoms with Gasteiger partial charge in [-0.15, -0.1) is 0 Å². The summed E-state index contributed by atoms with van der Waals surface area (Å²) in [6.45, 7) is 2.20. The summed E-state index contributed by atoms with van der Waals surface area (Å²) in [7, 11) is 0. The summed E-state index contributed by atoms with van der Waals surface area (Å²) in [6.07, 6.45) is 8.35. The van der Waals surface area contributed by atoms with Gasteiger partial charge in [-0.3, -0.25) is 0 Å². The van der Waals surface area contributed by atoms with Gasteiger partial charge in [0.1, 0.15) is 0 Å². The monoisotopic (exact) mass is 214 g/mol. The maximum absolute atomic E-state index is 5.77. The molecule has 2 nitrogen and oxygen atoms in total. The molecule has 0 aliphatic heterocycles. The molecule has 0 saturated heterocycles. The Morgan fingerprint density at radius 2 is 1.88 bits per heavy atom. The number of nitrogens with two attached hydrogens (primary N) is 2. The number of hydrogen-bond donors (Lipinski definition) is 2. The maximum Gasteiger partial charge on any atom is 0.0314 e. The summed E-state index contributed by atoms with van der Waals surface area (Å²) in [4.78, 5) is 0. The van der Waals surface area contributed by atoms with Crippen molar-refractivity contribution in [3.8, 4) is 0 Å². The van der Waals surface area contributed by atoms with Gasteiger partial charge in [0.25, 0.3) is 0 Å². The molecule has 1 atom stereocenters. The first-order valence-corrected chi connectivity index (χ1v) is 5.67. The summed E-state index contributed by atoms with van der Waals surface area (Å²) in [5.74, 6) is 0. The Balaban J connectivity index is 2.36. The molecule has 0 fully saturated rings. The van der Waals surface area contributed by atoms with Gasteiger partial charge in [-0.2, -0.15) is 0 Å². The topological polar surface area (TPSA) is 52.0 Å². The van der Waals surface area contributed by atoms with Crippen molar-refractivity contribution >= 4 is 5.69 Å². The molecule has 16 heavy (non-hydrogen) atoms. The van der Waals surface area contributed by atoms with Crippen molar-refractivity contribution in [3.05, 3.63) is 53.8 Å². The lowest BCUT2D eigenvalue weighted by molar-refractivity contribution is 0.516. The third kappa shape index (κ3) is 1.83. The molecule has 0 heterocycles. The van der Waals surface area contributed by atoms with E-state index in [2.05, 4.69) is 31.2 Å². The van der Waals surface area contributed by atoms with Crippen LogP contribution in [0.15, 0.2) is 48.2 Å². The van der Waals surface area contributed by atoms with Crippen molar-refractivity contribution in [2.75, 3.05) is 5.73 Å². The van der Waals surface area contributed by atoms with Crippen LogP contribution in [0.4, 0.5) is 5.69 Å². The molecule has 0 saturated carbocycles. The molecule has 4 N–H and O–H groups in total. The lowest BCUT2D eigenvalue weighted by atomic mass is 9.73. The van der Waals surface area contributed by atoms with E-state index in [0.29, 0.717) is 0 Å². The van der Waals surface area contributed by atoms with E-state index in [0.717, 1.165) is 24.2 Å². The van der Waals surface area contributed by atoms with E-state index in [-0.39, 0.29) is 5.41 Å². The standard InChI is InChI=1S/C14H18N2/c1-2-14(9-7-13(16)8-10-14)11-3-5-12(15)6-4-11/h3-9H,2,10,15-16H2,1H3. The van der Waals surface area contributed by atoms with Crippen LogP contribution >= 0.6 is 0 Å². The molecule has 84 valence electrons. The van der Waals surface area contributed by atoms with Crippen molar-refractivity contribution in [2.24, 2.45) is 5.73 Å². The third-order valence-electron chi connectivity index (χ3n) is 3.41. The smallest absolute Gasteiger partial charge is 0.0314 e. The Morgan fingerprint density at radius 3 is 2.38 bits per heavy atom. The second kappa shape index (κ2) is 4.05. The highest BCUT2D eigenvalue weighted by Gasteiger charge is 2.27. The molecular weight excluding hydrogens is 196 g/mol. The average Bonchev–Trinajstić information content (AvgIpc) is 2.32. The van der Waals surface area contributed by atoms with Crippen molar-refractivity contribution in [3.63, 3.8) is 0 Å². The van der Waals surface area contributed by atoms with E-state index in [9.17, 15) is 0 Å². The molecule has 0 amide bonds. The van der Waals surface area contributed by atoms with Crippen LogP contribution in [0.25, 0.3) is 0 Å². The first-order valence-electron chi connectivity index (χ1n) is 5.67. The lowest BCUT2D eigenvalue weighted by Gasteiger charge is -2.31.